The number of hydrogen-bond acceptors (Lipinski definition) is 8. The minimum atomic E-state index is -1.17. The van der Waals surface area contributed by atoms with Gasteiger partial charge in [0, 0.05) is 74.1 Å². The molecule has 0 spiro atoms. The third kappa shape index (κ3) is 9.51. The van der Waals surface area contributed by atoms with Gasteiger partial charge in [0.15, 0.2) is 17.5 Å². The first-order valence-electron chi connectivity index (χ1n) is 19.4. The summed E-state index contributed by atoms with van der Waals surface area (Å²) in [5.41, 5.74) is 1.65. The summed E-state index contributed by atoms with van der Waals surface area (Å²) in [6, 6.07) is 12.2. The molecular weight excluding hydrogens is 796 g/mol. The fourth-order valence-corrected chi connectivity index (χ4v) is 7.31. The van der Waals surface area contributed by atoms with Crippen LogP contribution in [-0.2, 0) is 23.2 Å². The van der Waals surface area contributed by atoms with Gasteiger partial charge in [-0.25, -0.2) is 18.7 Å². The van der Waals surface area contributed by atoms with Crippen LogP contribution in [0, 0.1) is 35.8 Å². The van der Waals surface area contributed by atoms with E-state index in [1.807, 2.05) is 17.9 Å². The van der Waals surface area contributed by atoms with E-state index in [1.165, 1.54) is 82.3 Å². The van der Waals surface area contributed by atoms with Crippen molar-refractivity contribution in [2.45, 2.75) is 33.2 Å². The highest BCUT2D eigenvalue weighted by molar-refractivity contribution is 6.34. The molecule has 4 heterocycles. The number of nitrogens with zero attached hydrogens (tertiary/aromatic N) is 8. The molecule has 312 valence electrons. The Balaban J connectivity index is 1.08. The Labute approximate surface area is 350 Å². The van der Waals surface area contributed by atoms with Crippen LogP contribution in [0.3, 0.4) is 0 Å². The van der Waals surface area contributed by atoms with E-state index >= 15 is 8.78 Å². The molecule has 1 fully saturated rings. The van der Waals surface area contributed by atoms with E-state index in [0.29, 0.717) is 37.6 Å². The van der Waals surface area contributed by atoms with Gasteiger partial charge < -0.3 is 29.9 Å². The van der Waals surface area contributed by atoms with Crippen molar-refractivity contribution >= 4 is 46.6 Å². The molecule has 0 saturated carbocycles. The zero-order valence-corrected chi connectivity index (χ0v) is 34.6. The first-order chi connectivity index (χ1) is 28.7. The molecule has 0 bridgehead atoms. The molecule has 6 rings (SSSR count). The number of carbonyl (C=O) groups is 4. The molecule has 18 heteroatoms. The maximum atomic E-state index is 15.8. The lowest BCUT2D eigenvalue weighted by atomic mass is 10.00. The van der Waals surface area contributed by atoms with Gasteiger partial charge in [0.25, 0.3) is 11.8 Å². The highest BCUT2D eigenvalue weighted by Crippen LogP contribution is 2.33. The number of anilines is 2. The lowest BCUT2D eigenvalue weighted by molar-refractivity contribution is -0.858. The summed E-state index contributed by atoms with van der Waals surface area (Å²) in [6.07, 6.45) is 5.62. The number of amides is 4. The Morgan fingerprint density at radius 2 is 1.60 bits per heavy atom. The zero-order valence-electron chi connectivity index (χ0n) is 33.9. The van der Waals surface area contributed by atoms with Crippen LogP contribution in [-0.4, -0.2) is 105 Å². The Morgan fingerprint density at radius 1 is 0.917 bits per heavy atom. The SMILES string of the molecule is CCC(CC[NH+](C)C)C(=O)N1CCN(C(=O)c2ccc(NC(=O)c3ncc(-c4ccc(-c5cn(CC(=O)Nc6ccc(C#N)nc6)nc5C)c(F)c4F)n3C)cc2Cl)CC1. The third-order valence-corrected chi connectivity index (χ3v) is 10.7. The van der Waals surface area contributed by atoms with Gasteiger partial charge in [-0.3, -0.25) is 23.9 Å². The van der Waals surface area contributed by atoms with E-state index in [-0.39, 0.29) is 74.5 Å². The molecule has 1 atom stereocenters. The van der Waals surface area contributed by atoms with Gasteiger partial charge in [0.05, 0.1) is 60.7 Å². The predicted octanol–water partition coefficient (Wildman–Crippen LogP) is 4.19. The molecule has 1 aliphatic rings. The van der Waals surface area contributed by atoms with E-state index in [1.54, 1.807) is 11.8 Å². The number of hydrogen-bond donors (Lipinski definition) is 3. The number of nitriles is 1. The fraction of sp³-hybridized carbons (Fsp3) is 0.333. The van der Waals surface area contributed by atoms with Gasteiger partial charge in [0.2, 0.25) is 11.8 Å². The lowest BCUT2D eigenvalue weighted by Crippen LogP contribution is -3.05. The summed E-state index contributed by atoms with van der Waals surface area (Å²) in [4.78, 5) is 65.4. The maximum Gasteiger partial charge on any atom is 0.291 e. The second-order valence-corrected chi connectivity index (χ2v) is 15.3. The largest absolute Gasteiger partial charge is 0.340 e. The summed E-state index contributed by atoms with van der Waals surface area (Å²) in [7, 11) is 5.62. The van der Waals surface area contributed by atoms with E-state index in [2.05, 4.69) is 39.8 Å². The average molecular weight is 841 g/mol. The monoisotopic (exact) mass is 840 g/mol. The second kappa shape index (κ2) is 18.6. The lowest BCUT2D eigenvalue weighted by Gasteiger charge is -2.36. The van der Waals surface area contributed by atoms with Crippen LogP contribution in [0.2, 0.25) is 5.02 Å². The van der Waals surface area contributed by atoms with Crippen LogP contribution in [0.5, 0.6) is 0 Å². The van der Waals surface area contributed by atoms with Crippen LogP contribution in [0.4, 0.5) is 20.2 Å². The molecule has 15 nitrogen and oxygen atoms in total. The standard InChI is InChI=1S/C42H44ClF2N11O4/c1-6-26(13-14-52(3)4)41(59)54-15-17-55(18-16-54)42(60)31-10-9-27(19-34(31)43)50-40(58)39-48-22-35(53(39)5)32-12-11-30(37(44)38(32)45)33-23-56(51-25(33)2)24-36(57)49-29-8-7-28(20-46)47-21-29/h7-12,19,21-23,26H,6,13-18,24H2,1-5H3,(H,49,57)(H,50,58)/p+1. The topological polar surface area (TPSA) is 176 Å². The Kier molecular flexibility index (Phi) is 13.4. The van der Waals surface area contributed by atoms with Crippen molar-refractivity contribution in [1.29, 1.82) is 5.26 Å². The van der Waals surface area contributed by atoms with Gasteiger partial charge in [-0.15, -0.1) is 0 Å². The Morgan fingerprint density at radius 3 is 2.25 bits per heavy atom. The molecule has 3 N–H and O–H groups in total. The summed E-state index contributed by atoms with van der Waals surface area (Å²) in [5.74, 6) is -3.74. The number of pyridine rings is 1. The zero-order chi connectivity index (χ0) is 43.2. The van der Waals surface area contributed by atoms with E-state index in [4.69, 9.17) is 16.9 Å². The molecular formula is C42H45ClF2N11O4+. The van der Waals surface area contributed by atoms with E-state index in [0.717, 1.165) is 19.4 Å². The quantitative estimate of drug-likeness (QED) is 0.158. The van der Waals surface area contributed by atoms with Crippen molar-refractivity contribution in [2.75, 3.05) is 57.5 Å². The number of nitrogens with one attached hydrogen (secondary N) is 3. The minimum absolute atomic E-state index is 0.0443. The normalized spacial score (nSPS) is 13.3. The Hall–Kier alpha value is -6.51. The second-order valence-electron chi connectivity index (χ2n) is 14.8. The Bertz CT molecular complexity index is 2470. The number of halogens is 3. The molecule has 3 aromatic heterocycles. The molecule has 1 unspecified atom stereocenters. The van der Waals surface area contributed by atoms with Crippen LogP contribution in [0.1, 0.15) is 52.1 Å². The number of quaternary nitrogens is 1. The summed E-state index contributed by atoms with van der Waals surface area (Å²) >= 11 is 6.55. The number of imidazole rings is 1. The van der Waals surface area contributed by atoms with Gasteiger partial charge in [0.1, 0.15) is 18.3 Å². The molecule has 0 aliphatic carbocycles. The predicted molar refractivity (Wildman–Crippen MR) is 220 cm³/mol. The van der Waals surface area contributed by atoms with E-state index < -0.39 is 23.4 Å². The number of piperazine rings is 1. The van der Waals surface area contributed by atoms with Gasteiger partial charge in [-0.05, 0) is 49.7 Å². The van der Waals surface area contributed by atoms with Crippen molar-refractivity contribution < 1.29 is 32.9 Å². The third-order valence-electron chi connectivity index (χ3n) is 10.4. The average Bonchev–Trinajstić information content (AvgIpc) is 3.79. The van der Waals surface area contributed by atoms with Crippen molar-refractivity contribution in [2.24, 2.45) is 13.0 Å². The van der Waals surface area contributed by atoms with Crippen LogP contribution in [0.15, 0.2) is 61.1 Å². The molecule has 1 saturated heterocycles. The summed E-state index contributed by atoms with van der Waals surface area (Å²) < 4.78 is 34.1. The summed E-state index contributed by atoms with van der Waals surface area (Å²) in [5, 5.41) is 18.7. The number of carbonyl (C=O) groups excluding carboxylic acids is 4. The summed E-state index contributed by atoms with van der Waals surface area (Å²) in [6.45, 7) is 5.91. The van der Waals surface area contributed by atoms with Crippen molar-refractivity contribution in [3.8, 4) is 28.5 Å². The number of aromatic nitrogens is 5. The molecule has 60 heavy (non-hydrogen) atoms. The highest BCUT2D eigenvalue weighted by atomic mass is 35.5. The van der Waals surface area contributed by atoms with Crippen molar-refractivity contribution in [3.63, 3.8) is 0 Å². The van der Waals surface area contributed by atoms with Crippen LogP contribution in [0.25, 0.3) is 22.4 Å². The first kappa shape index (κ1) is 43.1. The number of rotatable bonds is 13. The van der Waals surface area contributed by atoms with Crippen LogP contribution < -0.4 is 15.5 Å². The molecule has 0 radical (unpaired) electrons. The van der Waals surface area contributed by atoms with Crippen molar-refractivity contribution in [1.82, 2.24) is 34.1 Å². The van der Waals surface area contributed by atoms with Gasteiger partial charge in [-0.2, -0.15) is 10.4 Å². The van der Waals surface area contributed by atoms with Crippen LogP contribution >= 0.6 is 11.6 Å². The fourth-order valence-electron chi connectivity index (χ4n) is 7.05. The molecule has 5 aromatic rings. The molecule has 1 aliphatic heterocycles. The van der Waals surface area contributed by atoms with Crippen molar-refractivity contribution in [3.05, 3.63) is 100 Å². The minimum Gasteiger partial charge on any atom is -0.340 e. The molecule has 2 aromatic carbocycles. The molecule has 4 amide bonds. The van der Waals surface area contributed by atoms with E-state index in [9.17, 15) is 19.2 Å². The van der Waals surface area contributed by atoms with Gasteiger partial charge in [-0.1, -0.05) is 24.6 Å². The maximum absolute atomic E-state index is 15.8. The highest BCUT2D eigenvalue weighted by Gasteiger charge is 2.30. The smallest absolute Gasteiger partial charge is 0.291 e. The van der Waals surface area contributed by atoms with Gasteiger partial charge >= 0.3 is 0 Å². The number of aryl methyl sites for hydroxylation is 1. The number of benzene rings is 2. The first-order valence-corrected chi connectivity index (χ1v) is 19.7.